The second kappa shape index (κ2) is 5.95. The molecule has 0 amide bonds. The summed E-state index contributed by atoms with van der Waals surface area (Å²) in [6.45, 7) is 7.84. The van der Waals surface area contributed by atoms with Crippen LogP contribution in [0.3, 0.4) is 0 Å². The van der Waals surface area contributed by atoms with Gasteiger partial charge in [-0.1, -0.05) is 19.6 Å². The molecule has 3 nitrogen and oxygen atoms in total. The monoisotopic (exact) mass is 305 g/mol. The number of alkyl halides is 3. The van der Waals surface area contributed by atoms with Crippen LogP contribution in [0.25, 0.3) is 0 Å². The van der Waals surface area contributed by atoms with Gasteiger partial charge in [-0.25, -0.2) is 4.98 Å². The first-order valence-electron chi connectivity index (χ1n) is 6.22. The molecule has 0 aromatic carbocycles. The molecule has 1 heterocycles. The number of hydrogen-bond acceptors (Lipinski definition) is 3. The van der Waals surface area contributed by atoms with E-state index in [4.69, 9.17) is 4.74 Å². The Bertz CT molecular complexity index is 495. The molecule has 0 fully saturated rings. The molecule has 0 radical (unpaired) electrons. The Labute approximate surface area is 117 Å². The predicted molar refractivity (Wildman–Crippen MR) is 72.9 cm³/mol. The molecule has 0 unspecified atom stereocenters. The summed E-state index contributed by atoms with van der Waals surface area (Å²) in [7, 11) is -1.32. The Hall–Kier alpha value is -1.37. The van der Waals surface area contributed by atoms with Gasteiger partial charge in [0.05, 0.1) is 12.2 Å². The van der Waals surface area contributed by atoms with Crippen LogP contribution in [0.2, 0.25) is 25.7 Å². The third-order valence-electron chi connectivity index (χ3n) is 2.67. The highest BCUT2D eigenvalue weighted by molar-refractivity contribution is 6.76. The van der Waals surface area contributed by atoms with Crippen molar-refractivity contribution < 1.29 is 22.7 Å². The highest BCUT2D eigenvalue weighted by Crippen LogP contribution is 2.33. The molecular weight excluding hydrogens is 287 g/mol. The van der Waals surface area contributed by atoms with E-state index < -0.39 is 31.2 Å². The Morgan fingerprint density at radius 3 is 2.40 bits per heavy atom. The van der Waals surface area contributed by atoms with Crippen molar-refractivity contribution in [2.24, 2.45) is 0 Å². The van der Waals surface area contributed by atoms with Crippen molar-refractivity contribution in [1.82, 2.24) is 4.98 Å². The maximum absolute atomic E-state index is 12.9. The molecule has 0 atom stereocenters. The van der Waals surface area contributed by atoms with Gasteiger partial charge in [0, 0.05) is 25.9 Å². The van der Waals surface area contributed by atoms with Gasteiger partial charge in [-0.05, 0) is 13.0 Å². The largest absolute Gasteiger partial charge is 0.478 e. The fourth-order valence-electron chi connectivity index (χ4n) is 1.49. The molecule has 0 saturated carbocycles. The lowest BCUT2D eigenvalue weighted by molar-refractivity contribution is -0.138. The first kappa shape index (κ1) is 16.7. The molecule has 1 aromatic rings. The number of ether oxygens (including phenoxy) is 1. The fraction of sp³-hybridized carbons (Fsp3) is 0.538. The Morgan fingerprint density at radius 1 is 1.35 bits per heavy atom. The molecule has 0 bridgehead atoms. The number of aromatic nitrogens is 1. The Balaban J connectivity index is 2.93. The van der Waals surface area contributed by atoms with Crippen molar-refractivity contribution in [1.29, 1.82) is 0 Å². The zero-order valence-electron chi connectivity index (χ0n) is 12.0. The maximum Gasteiger partial charge on any atom is 0.417 e. The first-order chi connectivity index (χ1) is 9.00. The molecule has 20 heavy (non-hydrogen) atoms. The normalized spacial score (nSPS) is 12.3. The summed E-state index contributed by atoms with van der Waals surface area (Å²) in [6.07, 6.45) is -3.67. The molecule has 1 rings (SSSR count). The number of pyridine rings is 1. The number of hydrogen-bond donors (Lipinski definition) is 0. The number of halogens is 3. The van der Waals surface area contributed by atoms with E-state index in [2.05, 4.69) is 24.6 Å². The summed E-state index contributed by atoms with van der Waals surface area (Å²) in [5, 5.41) is 0. The highest BCUT2D eigenvalue weighted by atomic mass is 28.3. The van der Waals surface area contributed by atoms with Crippen LogP contribution in [0.1, 0.15) is 22.8 Å². The molecule has 1 aromatic heterocycles. The van der Waals surface area contributed by atoms with Gasteiger partial charge in [0.2, 0.25) is 5.88 Å². The molecule has 0 aliphatic carbocycles. The zero-order valence-corrected chi connectivity index (χ0v) is 13.0. The van der Waals surface area contributed by atoms with Crippen molar-refractivity contribution in [3.63, 3.8) is 0 Å². The van der Waals surface area contributed by atoms with Crippen LogP contribution >= 0.6 is 0 Å². The van der Waals surface area contributed by atoms with Crippen molar-refractivity contribution in [3.8, 4) is 5.88 Å². The van der Waals surface area contributed by atoms with Crippen LogP contribution in [-0.4, -0.2) is 25.4 Å². The van der Waals surface area contributed by atoms with Crippen LogP contribution in [-0.2, 0) is 6.18 Å². The summed E-state index contributed by atoms with van der Waals surface area (Å²) in [5.74, 6) is -0.765. The van der Waals surface area contributed by atoms with E-state index in [1.165, 1.54) is 0 Å². The van der Waals surface area contributed by atoms with Gasteiger partial charge in [-0.3, -0.25) is 4.79 Å². The minimum absolute atomic E-state index is 0.0967. The standard InChI is InChI=1S/C13H18F3NO2Si/c1-9(18)10-8-17-12(7-11(10)13(14,15)16)19-5-6-20(2,3)4/h7-8H,5-6H2,1-4H3. The van der Waals surface area contributed by atoms with Crippen molar-refractivity contribution in [2.75, 3.05) is 6.61 Å². The van der Waals surface area contributed by atoms with E-state index in [-0.39, 0.29) is 5.88 Å². The summed E-state index contributed by atoms with van der Waals surface area (Å²) >= 11 is 0. The number of ketones is 1. The number of carbonyl (C=O) groups excluding carboxylic acids is 1. The zero-order chi connectivity index (χ0) is 15.6. The molecule has 0 aliphatic heterocycles. The predicted octanol–water partition coefficient (Wildman–Crippen LogP) is 4.02. The van der Waals surface area contributed by atoms with E-state index >= 15 is 0 Å². The van der Waals surface area contributed by atoms with E-state index in [1.807, 2.05) is 0 Å². The lowest BCUT2D eigenvalue weighted by Crippen LogP contribution is -2.22. The van der Waals surface area contributed by atoms with Gasteiger partial charge < -0.3 is 4.74 Å². The molecule has 112 valence electrons. The van der Waals surface area contributed by atoms with Crippen molar-refractivity contribution >= 4 is 13.9 Å². The van der Waals surface area contributed by atoms with E-state index in [0.717, 1.165) is 25.2 Å². The summed E-state index contributed by atoms with van der Waals surface area (Å²) in [6, 6.07) is 1.62. The van der Waals surface area contributed by atoms with Gasteiger partial charge in [0.15, 0.2) is 5.78 Å². The lowest BCUT2D eigenvalue weighted by atomic mass is 10.1. The minimum atomic E-state index is -4.60. The van der Waals surface area contributed by atoms with Crippen LogP contribution in [0.5, 0.6) is 5.88 Å². The molecule has 0 saturated heterocycles. The second-order valence-electron chi connectivity index (χ2n) is 5.78. The maximum atomic E-state index is 12.9. The number of rotatable bonds is 5. The van der Waals surface area contributed by atoms with Crippen molar-refractivity contribution in [3.05, 3.63) is 23.4 Å². The first-order valence-corrected chi connectivity index (χ1v) is 9.92. The van der Waals surface area contributed by atoms with E-state index in [0.29, 0.717) is 6.61 Å². The average Bonchev–Trinajstić information content (AvgIpc) is 2.25. The smallest absolute Gasteiger partial charge is 0.417 e. The van der Waals surface area contributed by atoms with Gasteiger partial charge in [-0.15, -0.1) is 0 Å². The van der Waals surface area contributed by atoms with Gasteiger partial charge in [0.1, 0.15) is 0 Å². The molecule has 0 spiro atoms. The third kappa shape index (κ3) is 4.95. The third-order valence-corrected chi connectivity index (χ3v) is 4.37. The number of carbonyl (C=O) groups is 1. The number of Topliss-reactive ketones (excluding diaryl/α,β-unsaturated/α-hetero) is 1. The number of nitrogens with zero attached hydrogens (tertiary/aromatic N) is 1. The van der Waals surface area contributed by atoms with Crippen LogP contribution < -0.4 is 4.74 Å². The Morgan fingerprint density at radius 2 is 1.95 bits per heavy atom. The van der Waals surface area contributed by atoms with Crippen LogP contribution in [0.15, 0.2) is 12.3 Å². The summed E-state index contributed by atoms with van der Waals surface area (Å²) in [5.41, 5.74) is -1.43. The van der Waals surface area contributed by atoms with Crippen molar-refractivity contribution in [2.45, 2.75) is 38.8 Å². The summed E-state index contributed by atoms with van der Waals surface area (Å²) in [4.78, 5) is 15.0. The quantitative estimate of drug-likeness (QED) is 0.609. The van der Waals surface area contributed by atoms with Gasteiger partial charge in [0.25, 0.3) is 0 Å². The highest BCUT2D eigenvalue weighted by Gasteiger charge is 2.35. The molecule has 0 N–H and O–H groups in total. The lowest BCUT2D eigenvalue weighted by Gasteiger charge is -2.16. The summed E-state index contributed by atoms with van der Waals surface area (Å²) < 4.78 is 43.9. The van der Waals surface area contributed by atoms with E-state index in [9.17, 15) is 18.0 Å². The second-order valence-corrected chi connectivity index (χ2v) is 11.4. The van der Waals surface area contributed by atoms with Gasteiger partial charge >= 0.3 is 6.18 Å². The van der Waals surface area contributed by atoms with Gasteiger partial charge in [-0.2, -0.15) is 13.2 Å². The topological polar surface area (TPSA) is 39.2 Å². The van der Waals surface area contributed by atoms with Crippen LogP contribution in [0, 0.1) is 0 Å². The van der Waals surface area contributed by atoms with E-state index in [1.54, 1.807) is 0 Å². The molecule has 0 aliphatic rings. The Kier molecular flexibility index (Phi) is 4.96. The molecular formula is C13H18F3NO2Si. The minimum Gasteiger partial charge on any atom is -0.478 e. The fourth-order valence-corrected chi connectivity index (χ4v) is 2.21. The SMILES string of the molecule is CC(=O)c1cnc(OCC[Si](C)(C)C)cc1C(F)(F)F. The average molecular weight is 305 g/mol. The van der Waals surface area contributed by atoms with Crippen LogP contribution in [0.4, 0.5) is 13.2 Å². The molecule has 7 heteroatoms.